The van der Waals surface area contributed by atoms with E-state index in [-0.39, 0.29) is 25.2 Å². The highest BCUT2D eigenvalue weighted by atomic mass is 19.4. The Kier molecular flexibility index (Phi) is 12.7. The van der Waals surface area contributed by atoms with Crippen LogP contribution in [0.25, 0.3) is 0 Å². The van der Waals surface area contributed by atoms with Crippen molar-refractivity contribution in [3.63, 3.8) is 0 Å². The maximum atomic E-state index is 12.8. The first-order valence-corrected chi connectivity index (χ1v) is 15.9. The van der Waals surface area contributed by atoms with Gasteiger partial charge in [-0.2, -0.15) is 13.2 Å². The van der Waals surface area contributed by atoms with Gasteiger partial charge in [0.25, 0.3) is 5.91 Å². The van der Waals surface area contributed by atoms with E-state index in [1.165, 1.54) is 17.7 Å². The van der Waals surface area contributed by atoms with Crippen LogP contribution in [0.1, 0.15) is 112 Å². The first-order chi connectivity index (χ1) is 21.3. The Morgan fingerprint density at radius 1 is 0.977 bits per heavy atom. The van der Waals surface area contributed by atoms with Crippen molar-refractivity contribution in [1.29, 1.82) is 0 Å². The summed E-state index contributed by atoms with van der Waals surface area (Å²) in [6, 6.07) is 9.34. The molecule has 1 N–H and O–H groups in total. The van der Waals surface area contributed by atoms with Gasteiger partial charge in [0.05, 0.1) is 5.56 Å². The Labute approximate surface area is 261 Å². The molecule has 3 aliphatic rings. The summed E-state index contributed by atoms with van der Waals surface area (Å²) in [5.74, 6) is 6.93. The lowest BCUT2D eigenvalue weighted by molar-refractivity contribution is -0.137. The quantitative estimate of drug-likeness (QED) is 0.215. The van der Waals surface area contributed by atoms with Crippen LogP contribution in [-0.4, -0.2) is 16.9 Å². The predicted octanol–water partition coefficient (Wildman–Crippen LogP) is 10.1. The molecule has 0 saturated heterocycles. The number of benzene rings is 1. The number of pyridine rings is 1. The molecular weight excluding hydrogens is 557 g/mol. The summed E-state index contributed by atoms with van der Waals surface area (Å²) in [5.41, 5.74) is 2.95. The Balaban J connectivity index is 0.000000476. The summed E-state index contributed by atoms with van der Waals surface area (Å²) >= 11 is 0. The lowest BCUT2D eigenvalue weighted by Crippen LogP contribution is -2.34. The lowest BCUT2D eigenvalue weighted by atomic mass is 9.90. The molecule has 234 valence electrons. The number of alkyl halides is 3. The molecule has 6 heteroatoms. The molecule has 0 aliphatic heterocycles. The second kappa shape index (κ2) is 16.9. The second-order valence-corrected chi connectivity index (χ2v) is 11.7. The number of rotatable bonds is 4. The number of amides is 1. The summed E-state index contributed by atoms with van der Waals surface area (Å²) in [6.45, 7) is 2.18. The standard InChI is InChI=1S/C29H31F3N2O.C9H12.H2/c30-29(31,32)25-16-14-24(15-17-25)23-7-5-6-21(12-13-23)10-11-22-18-19-33-27(20-22)28(35)34-26-8-3-1-2-4-9-26;1-2-9-7-5-3-4-6-8-9;/h1-2,14-21,23,26H,3-9,12-13H2,(H,34,35);3,5-8H,2,4H2,1H3;1H. The molecule has 3 aliphatic carbocycles. The number of nitrogens with one attached hydrogen (secondary N) is 1. The number of hydrogen-bond acceptors (Lipinski definition) is 2. The van der Waals surface area contributed by atoms with Crippen LogP contribution in [-0.2, 0) is 6.18 Å². The summed E-state index contributed by atoms with van der Waals surface area (Å²) in [7, 11) is 0. The molecule has 1 saturated carbocycles. The van der Waals surface area contributed by atoms with Crippen LogP contribution < -0.4 is 5.32 Å². The Morgan fingerprint density at radius 3 is 2.48 bits per heavy atom. The maximum absolute atomic E-state index is 12.8. The van der Waals surface area contributed by atoms with Gasteiger partial charge in [-0.25, -0.2) is 0 Å². The van der Waals surface area contributed by atoms with E-state index in [4.69, 9.17) is 0 Å². The summed E-state index contributed by atoms with van der Waals surface area (Å²) in [4.78, 5) is 16.9. The molecule has 44 heavy (non-hydrogen) atoms. The summed E-state index contributed by atoms with van der Waals surface area (Å²) < 4.78 is 38.5. The van der Waals surface area contributed by atoms with Gasteiger partial charge in [0.1, 0.15) is 5.69 Å². The van der Waals surface area contributed by atoms with Crippen molar-refractivity contribution < 1.29 is 19.4 Å². The van der Waals surface area contributed by atoms with Crippen LogP contribution in [0, 0.1) is 17.8 Å². The van der Waals surface area contributed by atoms with Crippen molar-refractivity contribution in [1.82, 2.24) is 10.3 Å². The zero-order valence-electron chi connectivity index (χ0n) is 25.6. The topological polar surface area (TPSA) is 42.0 Å². The molecule has 2 unspecified atom stereocenters. The van der Waals surface area contributed by atoms with Crippen LogP contribution in [0.5, 0.6) is 0 Å². The molecule has 2 aromatic rings. The zero-order chi connectivity index (χ0) is 31.2. The molecule has 1 aromatic heterocycles. The van der Waals surface area contributed by atoms with Gasteiger partial charge in [0, 0.05) is 25.1 Å². The van der Waals surface area contributed by atoms with Crippen LogP contribution in [0.2, 0.25) is 0 Å². The van der Waals surface area contributed by atoms with Crippen LogP contribution in [0.4, 0.5) is 13.2 Å². The number of aromatic nitrogens is 1. The number of allylic oxidation sites excluding steroid dienone is 8. The van der Waals surface area contributed by atoms with E-state index in [0.717, 1.165) is 81.8 Å². The number of hydrogen-bond donors (Lipinski definition) is 1. The average Bonchev–Trinajstić information content (AvgIpc) is 3.55. The van der Waals surface area contributed by atoms with Crippen molar-refractivity contribution in [2.75, 3.05) is 0 Å². The third-order valence-corrected chi connectivity index (χ3v) is 8.42. The first-order valence-electron chi connectivity index (χ1n) is 15.9. The van der Waals surface area contributed by atoms with Crippen molar-refractivity contribution in [2.45, 2.75) is 95.7 Å². The minimum atomic E-state index is -4.30. The molecule has 1 amide bonds. The predicted molar refractivity (Wildman–Crippen MR) is 174 cm³/mol. The molecule has 1 fully saturated rings. The molecule has 2 atom stereocenters. The lowest BCUT2D eigenvalue weighted by Gasteiger charge is -2.16. The van der Waals surface area contributed by atoms with Crippen molar-refractivity contribution in [2.24, 2.45) is 5.92 Å². The monoisotopic (exact) mass is 602 g/mol. The van der Waals surface area contributed by atoms with Gasteiger partial charge >= 0.3 is 6.18 Å². The van der Waals surface area contributed by atoms with Gasteiger partial charge in [0.2, 0.25) is 0 Å². The number of nitrogens with zero attached hydrogens (tertiary/aromatic N) is 1. The van der Waals surface area contributed by atoms with Gasteiger partial charge in [-0.05, 0) is 106 Å². The molecule has 1 heterocycles. The number of carbonyl (C=O) groups excluding carboxylic acids is 1. The highest BCUT2D eigenvalue weighted by molar-refractivity contribution is 5.92. The fourth-order valence-corrected chi connectivity index (χ4v) is 5.78. The molecule has 0 spiro atoms. The first kappa shape index (κ1) is 33.1. The fraction of sp³-hybridized carbons (Fsp3) is 0.421. The average molecular weight is 603 g/mol. The van der Waals surface area contributed by atoms with E-state index >= 15 is 0 Å². The number of carbonyl (C=O) groups is 1. The molecule has 0 radical (unpaired) electrons. The van der Waals surface area contributed by atoms with Gasteiger partial charge in [-0.1, -0.05) is 79.9 Å². The third kappa shape index (κ3) is 10.7. The minimum absolute atomic E-state index is 0. The molecule has 0 bridgehead atoms. The van der Waals surface area contributed by atoms with E-state index in [2.05, 4.69) is 71.6 Å². The molecule has 3 nitrogen and oxygen atoms in total. The van der Waals surface area contributed by atoms with E-state index < -0.39 is 11.7 Å². The van der Waals surface area contributed by atoms with E-state index in [1.54, 1.807) is 24.4 Å². The Morgan fingerprint density at radius 2 is 1.75 bits per heavy atom. The van der Waals surface area contributed by atoms with Gasteiger partial charge < -0.3 is 5.32 Å². The molecule has 1 aromatic carbocycles. The van der Waals surface area contributed by atoms with Gasteiger partial charge in [-0.3, -0.25) is 9.78 Å². The van der Waals surface area contributed by atoms with Crippen molar-refractivity contribution in [3.8, 4) is 11.8 Å². The van der Waals surface area contributed by atoms with Gasteiger partial charge in [-0.15, -0.1) is 0 Å². The van der Waals surface area contributed by atoms with E-state index in [1.807, 2.05) is 6.07 Å². The zero-order valence-corrected chi connectivity index (χ0v) is 25.6. The Bertz CT molecular complexity index is 1400. The molecule has 5 rings (SSSR count). The number of halogens is 3. The third-order valence-electron chi connectivity index (χ3n) is 8.42. The van der Waals surface area contributed by atoms with Crippen LogP contribution in [0.3, 0.4) is 0 Å². The SMILES string of the molecule is CCC1=CC=CCC=C1.O=C(NC1CCC=CCC1)c1cc(C#CC2CCCC(c3ccc(C(F)(F)F)cc3)CC2)ccn1.[HH]. The van der Waals surface area contributed by atoms with Crippen LogP contribution >= 0.6 is 0 Å². The summed E-state index contributed by atoms with van der Waals surface area (Å²) in [6.07, 6.45) is 23.3. The highest BCUT2D eigenvalue weighted by Gasteiger charge is 2.30. The highest BCUT2D eigenvalue weighted by Crippen LogP contribution is 2.36. The fourth-order valence-electron chi connectivity index (χ4n) is 5.78. The maximum Gasteiger partial charge on any atom is 0.416 e. The van der Waals surface area contributed by atoms with E-state index in [0.29, 0.717) is 5.69 Å². The van der Waals surface area contributed by atoms with Crippen molar-refractivity contribution >= 4 is 5.91 Å². The largest absolute Gasteiger partial charge is 0.416 e. The normalized spacial score (nSPS) is 20.5. The Hall–Kier alpha value is -3.85. The molecular formula is C38H45F3N2O. The van der Waals surface area contributed by atoms with Crippen molar-refractivity contribution in [3.05, 3.63) is 113 Å². The summed E-state index contributed by atoms with van der Waals surface area (Å²) in [5, 5.41) is 3.10. The minimum Gasteiger partial charge on any atom is -0.348 e. The van der Waals surface area contributed by atoms with Crippen LogP contribution in [0.15, 0.2) is 90.7 Å². The van der Waals surface area contributed by atoms with Gasteiger partial charge in [0.15, 0.2) is 0 Å². The van der Waals surface area contributed by atoms with E-state index in [9.17, 15) is 18.0 Å². The smallest absolute Gasteiger partial charge is 0.348 e. The second-order valence-electron chi connectivity index (χ2n) is 11.7.